The molecule has 2 heteroatoms. The van der Waals surface area contributed by atoms with Crippen molar-refractivity contribution in [3.8, 4) is 5.75 Å². The molecule has 1 heterocycles. The first kappa shape index (κ1) is 18.3. The zero-order valence-corrected chi connectivity index (χ0v) is 16.9. The first-order chi connectivity index (χ1) is 12.1. The number of unbranched alkanes of at least 4 members (excludes halogenated alkanes) is 5. The maximum absolute atomic E-state index is 6.13. The van der Waals surface area contributed by atoms with Gasteiger partial charge in [0.2, 0.25) is 0 Å². The quantitative estimate of drug-likeness (QED) is 0.376. The Hall–Kier alpha value is -1.54. The van der Waals surface area contributed by atoms with Gasteiger partial charge in [-0.05, 0) is 68.1 Å². The minimum Gasteiger partial charge on any atom is -0.493 e. The van der Waals surface area contributed by atoms with Crippen LogP contribution in [0.5, 0.6) is 5.75 Å². The van der Waals surface area contributed by atoms with Gasteiger partial charge in [-0.1, -0.05) is 39.0 Å². The highest BCUT2D eigenvalue weighted by atomic mass is 32.1. The smallest absolute Gasteiger partial charge is 0.122 e. The van der Waals surface area contributed by atoms with E-state index in [-0.39, 0.29) is 0 Å². The summed E-state index contributed by atoms with van der Waals surface area (Å²) in [5.74, 6) is 1.05. The van der Waals surface area contributed by atoms with Crippen LogP contribution in [0.2, 0.25) is 0 Å². The molecule has 3 aromatic rings. The van der Waals surface area contributed by atoms with E-state index >= 15 is 0 Å². The molecule has 3 rings (SSSR count). The second kappa shape index (κ2) is 8.23. The Morgan fingerprint density at radius 2 is 1.32 bits per heavy atom. The van der Waals surface area contributed by atoms with E-state index in [0.29, 0.717) is 0 Å². The van der Waals surface area contributed by atoms with Crippen molar-refractivity contribution >= 4 is 31.5 Å². The van der Waals surface area contributed by atoms with E-state index in [1.165, 1.54) is 69.0 Å². The molecule has 1 aromatic heterocycles. The van der Waals surface area contributed by atoms with Gasteiger partial charge in [-0.25, -0.2) is 0 Å². The van der Waals surface area contributed by atoms with Gasteiger partial charge in [0.05, 0.1) is 6.61 Å². The molecule has 1 nitrogen and oxygen atoms in total. The number of hydrogen-bond donors (Lipinski definition) is 0. The summed E-state index contributed by atoms with van der Waals surface area (Å²) in [5, 5.41) is 2.71. The van der Waals surface area contributed by atoms with Crippen LogP contribution in [0.4, 0.5) is 0 Å². The summed E-state index contributed by atoms with van der Waals surface area (Å²) in [6.45, 7) is 9.65. The van der Waals surface area contributed by atoms with Crippen LogP contribution >= 0.6 is 11.3 Å². The summed E-state index contributed by atoms with van der Waals surface area (Å²) in [4.78, 5) is 0. The summed E-state index contributed by atoms with van der Waals surface area (Å²) < 4.78 is 8.87. The molecule has 0 bridgehead atoms. The lowest BCUT2D eigenvalue weighted by molar-refractivity contribution is 0.303. The van der Waals surface area contributed by atoms with Crippen molar-refractivity contribution in [2.45, 2.75) is 66.2 Å². The van der Waals surface area contributed by atoms with Crippen LogP contribution in [0.15, 0.2) is 24.3 Å². The minimum absolute atomic E-state index is 0.832. The summed E-state index contributed by atoms with van der Waals surface area (Å²) in [5.41, 5.74) is 3.98. The Balaban J connectivity index is 1.74. The van der Waals surface area contributed by atoms with Crippen molar-refractivity contribution in [2.24, 2.45) is 0 Å². The Morgan fingerprint density at radius 3 is 2.08 bits per heavy atom. The zero-order valence-electron chi connectivity index (χ0n) is 16.1. The molecule has 0 N–H and O–H groups in total. The number of fused-ring (bicyclic) bond motifs is 3. The molecule has 0 aliphatic heterocycles. The molecule has 0 atom stereocenters. The molecule has 2 aromatic carbocycles. The topological polar surface area (TPSA) is 9.23 Å². The molecule has 0 amide bonds. The van der Waals surface area contributed by atoms with Crippen molar-refractivity contribution in [1.82, 2.24) is 0 Å². The van der Waals surface area contributed by atoms with Gasteiger partial charge in [0.25, 0.3) is 0 Å². The van der Waals surface area contributed by atoms with E-state index in [2.05, 4.69) is 52.0 Å². The SMILES string of the molecule is CCCCCCCCOc1cc2c(cc1C)sc1cc(C)c(C)cc12. The van der Waals surface area contributed by atoms with Gasteiger partial charge in [0, 0.05) is 20.2 Å². The van der Waals surface area contributed by atoms with Crippen molar-refractivity contribution < 1.29 is 4.74 Å². The van der Waals surface area contributed by atoms with E-state index in [1.54, 1.807) is 0 Å². The molecule has 0 radical (unpaired) electrons. The molecule has 134 valence electrons. The zero-order chi connectivity index (χ0) is 17.8. The van der Waals surface area contributed by atoms with Crippen LogP contribution in [0.25, 0.3) is 20.2 Å². The molecule has 0 unspecified atom stereocenters. The lowest BCUT2D eigenvalue weighted by Gasteiger charge is -2.10. The number of aryl methyl sites for hydroxylation is 3. The minimum atomic E-state index is 0.832. The van der Waals surface area contributed by atoms with Gasteiger partial charge in [0.15, 0.2) is 0 Å². The second-order valence-corrected chi connectivity index (χ2v) is 8.35. The summed E-state index contributed by atoms with van der Waals surface area (Å²) in [6.07, 6.45) is 7.80. The molecular weight excluding hydrogens is 324 g/mol. The van der Waals surface area contributed by atoms with Gasteiger partial charge < -0.3 is 4.74 Å². The fourth-order valence-corrected chi connectivity index (χ4v) is 4.65. The number of benzene rings is 2. The first-order valence-electron chi connectivity index (χ1n) is 9.67. The number of hydrogen-bond acceptors (Lipinski definition) is 2. The molecule has 0 saturated carbocycles. The molecule has 0 aliphatic rings. The van der Waals surface area contributed by atoms with Crippen LogP contribution in [-0.2, 0) is 0 Å². The number of thiophene rings is 1. The van der Waals surface area contributed by atoms with Crippen LogP contribution < -0.4 is 4.74 Å². The highest BCUT2D eigenvalue weighted by Gasteiger charge is 2.10. The highest BCUT2D eigenvalue weighted by Crippen LogP contribution is 2.38. The van der Waals surface area contributed by atoms with Crippen LogP contribution in [0.3, 0.4) is 0 Å². The van der Waals surface area contributed by atoms with Gasteiger partial charge in [-0.3, -0.25) is 0 Å². The third-order valence-electron chi connectivity index (χ3n) is 5.14. The number of rotatable bonds is 8. The van der Waals surface area contributed by atoms with Crippen molar-refractivity contribution in [2.75, 3.05) is 6.61 Å². The van der Waals surface area contributed by atoms with Gasteiger partial charge in [0.1, 0.15) is 5.75 Å². The van der Waals surface area contributed by atoms with Crippen molar-refractivity contribution in [3.05, 3.63) is 41.0 Å². The molecule has 0 fully saturated rings. The average molecular weight is 355 g/mol. The second-order valence-electron chi connectivity index (χ2n) is 7.26. The largest absolute Gasteiger partial charge is 0.493 e. The van der Waals surface area contributed by atoms with E-state index in [0.717, 1.165) is 18.8 Å². The van der Waals surface area contributed by atoms with E-state index in [1.807, 2.05) is 11.3 Å². The maximum Gasteiger partial charge on any atom is 0.122 e. The van der Waals surface area contributed by atoms with Crippen LogP contribution in [0, 0.1) is 20.8 Å². The predicted molar refractivity (Wildman–Crippen MR) is 112 cm³/mol. The van der Waals surface area contributed by atoms with Crippen molar-refractivity contribution in [3.63, 3.8) is 0 Å². The third kappa shape index (κ3) is 4.17. The summed E-state index contributed by atoms with van der Waals surface area (Å²) >= 11 is 1.89. The standard InChI is InChI=1S/C23H30OS/c1-5-6-7-8-9-10-11-24-21-15-20-19-12-16(2)17(3)13-22(19)25-23(20)14-18(21)4/h12-15H,5-11H2,1-4H3. The lowest BCUT2D eigenvalue weighted by Crippen LogP contribution is -1.98. The Morgan fingerprint density at radius 1 is 0.720 bits per heavy atom. The van der Waals surface area contributed by atoms with Gasteiger partial charge >= 0.3 is 0 Å². The monoisotopic (exact) mass is 354 g/mol. The van der Waals surface area contributed by atoms with E-state index < -0.39 is 0 Å². The Labute approximate surface area is 156 Å². The summed E-state index contributed by atoms with van der Waals surface area (Å²) in [7, 11) is 0. The molecule has 0 aliphatic carbocycles. The Bertz CT molecular complexity index is 860. The van der Waals surface area contributed by atoms with Gasteiger partial charge in [-0.2, -0.15) is 0 Å². The molecular formula is C23H30OS. The maximum atomic E-state index is 6.13. The lowest BCUT2D eigenvalue weighted by atomic mass is 10.0. The van der Waals surface area contributed by atoms with Crippen molar-refractivity contribution in [1.29, 1.82) is 0 Å². The van der Waals surface area contributed by atoms with Crippen LogP contribution in [0.1, 0.15) is 62.1 Å². The fourth-order valence-electron chi connectivity index (χ4n) is 3.38. The average Bonchev–Trinajstić information content (AvgIpc) is 2.90. The fraction of sp³-hybridized carbons (Fsp3) is 0.478. The Kier molecular flexibility index (Phi) is 6.01. The third-order valence-corrected chi connectivity index (χ3v) is 6.25. The molecule has 25 heavy (non-hydrogen) atoms. The first-order valence-corrected chi connectivity index (χ1v) is 10.5. The van der Waals surface area contributed by atoms with E-state index in [9.17, 15) is 0 Å². The van der Waals surface area contributed by atoms with Gasteiger partial charge in [-0.15, -0.1) is 11.3 Å². The highest BCUT2D eigenvalue weighted by molar-refractivity contribution is 7.25. The van der Waals surface area contributed by atoms with E-state index in [4.69, 9.17) is 4.74 Å². The predicted octanol–water partition coefficient (Wildman–Crippen LogP) is 7.72. The summed E-state index contributed by atoms with van der Waals surface area (Å²) in [6, 6.07) is 9.20. The number of ether oxygens (including phenoxy) is 1. The normalized spacial score (nSPS) is 11.5. The van der Waals surface area contributed by atoms with Crippen LogP contribution in [-0.4, -0.2) is 6.61 Å². The molecule has 0 saturated heterocycles. The molecule has 0 spiro atoms.